The molecule has 1 aliphatic rings. The molecule has 0 atom stereocenters. The molecule has 0 aromatic carbocycles. The number of nitrogens with zero attached hydrogens (tertiary/aromatic N) is 4. The highest BCUT2D eigenvalue weighted by molar-refractivity contribution is 4.82. The van der Waals surface area contributed by atoms with Crippen LogP contribution < -0.4 is 0 Å². The lowest BCUT2D eigenvalue weighted by Gasteiger charge is -2.42. The summed E-state index contributed by atoms with van der Waals surface area (Å²) in [4.78, 5) is 9.18. The molecule has 1 aliphatic heterocycles. The minimum absolute atomic E-state index is 0.316. The van der Waals surface area contributed by atoms with Crippen LogP contribution in [0.2, 0.25) is 0 Å². The summed E-state index contributed by atoms with van der Waals surface area (Å²) in [6.07, 6.45) is 5.77. The van der Waals surface area contributed by atoms with Gasteiger partial charge in [-0.2, -0.15) is 0 Å². The summed E-state index contributed by atoms with van der Waals surface area (Å²) in [5, 5.41) is 0. The van der Waals surface area contributed by atoms with Crippen molar-refractivity contribution in [3.63, 3.8) is 0 Å². The molecule has 4 heteroatoms. The van der Waals surface area contributed by atoms with E-state index in [0.29, 0.717) is 5.54 Å². The highest BCUT2D eigenvalue weighted by Crippen LogP contribution is 2.15. The van der Waals surface area contributed by atoms with Gasteiger partial charge in [-0.05, 0) is 20.8 Å². The third kappa shape index (κ3) is 3.54. The van der Waals surface area contributed by atoms with Gasteiger partial charge in [0.05, 0.1) is 6.33 Å². The lowest BCUT2D eigenvalue weighted by atomic mass is 10.1. The van der Waals surface area contributed by atoms with Crippen molar-refractivity contribution in [2.45, 2.75) is 32.9 Å². The molecule has 17 heavy (non-hydrogen) atoms. The van der Waals surface area contributed by atoms with Gasteiger partial charge in [0, 0.05) is 57.2 Å². The van der Waals surface area contributed by atoms with Gasteiger partial charge in [-0.3, -0.25) is 9.80 Å². The van der Waals surface area contributed by atoms with E-state index in [0.717, 1.165) is 13.1 Å². The average Bonchev–Trinajstić information content (AvgIpc) is 2.78. The van der Waals surface area contributed by atoms with E-state index in [4.69, 9.17) is 0 Å². The molecule has 4 nitrogen and oxygen atoms in total. The summed E-state index contributed by atoms with van der Waals surface area (Å²) in [5.41, 5.74) is 0.316. The van der Waals surface area contributed by atoms with Crippen LogP contribution >= 0.6 is 0 Å². The Morgan fingerprint density at radius 1 is 1.06 bits per heavy atom. The van der Waals surface area contributed by atoms with Crippen LogP contribution in [0, 0.1) is 0 Å². The van der Waals surface area contributed by atoms with Gasteiger partial charge in [0.15, 0.2) is 0 Å². The van der Waals surface area contributed by atoms with Crippen molar-refractivity contribution in [1.29, 1.82) is 0 Å². The van der Waals surface area contributed by atoms with Crippen molar-refractivity contribution in [1.82, 2.24) is 19.4 Å². The standard InChI is InChI=1S/C13H24N4/c1-13(2,3)17-10-8-15(9-11-17)6-7-16-5-4-14-12-16/h4-5,12H,6-11H2,1-3H3. The summed E-state index contributed by atoms with van der Waals surface area (Å²) < 4.78 is 2.15. The highest BCUT2D eigenvalue weighted by Gasteiger charge is 2.25. The van der Waals surface area contributed by atoms with Gasteiger partial charge < -0.3 is 4.57 Å². The Bertz CT molecular complexity index is 318. The van der Waals surface area contributed by atoms with Crippen LogP contribution in [-0.4, -0.2) is 57.6 Å². The molecule has 2 heterocycles. The second-order valence-corrected chi connectivity index (χ2v) is 5.80. The van der Waals surface area contributed by atoms with Crippen molar-refractivity contribution in [2.75, 3.05) is 32.7 Å². The van der Waals surface area contributed by atoms with Crippen LogP contribution in [0.25, 0.3) is 0 Å². The maximum atomic E-state index is 4.07. The molecular weight excluding hydrogens is 212 g/mol. The molecule has 1 fully saturated rings. The van der Waals surface area contributed by atoms with Crippen LogP contribution in [-0.2, 0) is 6.54 Å². The first-order chi connectivity index (χ1) is 8.05. The average molecular weight is 236 g/mol. The summed E-state index contributed by atoms with van der Waals surface area (Å²) >= 11 is 0. The number of piperazine rings is 1. The van der Waals surface area contributed by atoms with Gasteiger partial charge in [-0.25, -0.2) is 4.98 Å². The van der Waals surface area contributed by atoms with Gasteiger partial charge in [0.2, 0.25) is 0 Å². The molecule has 0 amide bonds. The first-order valence-electron chi connectivity index (χ1n) is 6.49. The third-order valence-electron chi connectivity index (χ3n) is 3.55. The maximum Gasteiger partial charge on any atom is 0.0946 e. The molecule has 0 unspecified atom stereocenters. The largest absolute Gasteiger partial charge is 0.336 e. The van der Waals surface area contributed by atoms with E-state index in [1.165, 1.54) is 26.2 Å². The number of rotatable bonds is 3. The molecule has 0 N–H and O–H groups in total. The second kappa shape index (κ2) is 5.19. The third-order valence-corrected chi connectivity index (χ3v) is 3.55. The Kier molecular flexibility index (Phi) is 3.84. The highest BCUT2D eigenvalue weighted by atomic mass is 15.3. The fourth-order valence-electron chi connectivity index (χ4n) is 2.32. The zero-order chi connectivity index (χ0) is 12.3. The van der Waals surface area contributed by atoms with E-state index in [1.807, 2.05) is 18.7 Å². The lowest BCUT2D eigenvalue weighted by molar-refractivity contribution is 0.0609. The summed E-state index contributed by atoms with van der Waals surface area (Å²) in [6, 6.07) is 0. The number of imidazole rings is 1. The summed E-state index contributed by atoms with van der Waals surface area (Å²) in [5.74, 6) is 0. The van der Waals surface area contributed by atoms with E-state index in [1.54, 1.807) is 0 Å². The predicted octanol–water partition coefficient (Wildman–Crippen LogP) is 1.30. The van der Waals surface area contributed by atoms with Crippen molar-refractivity contribution in [2.24, 2.45) is 0 Å². The van der Waals surface area contributed by atoms with Gasteiger partial charge in [0.1, 0.15) is 0 Å². The van der Waals surface area contributed by atoms with Gasteiger partial charge in [-0.1, -0.05) is 0 Å². The van der Waals surface area contributed by atoms with Crippen LogP contribution in [0.3, 0.4) is 0 Å². The van der Waals surface area contributed by atoms with Gasteiger partial charge in [0.25, 0.3) is 0 Å². The molecule has 0 bridgehead atoms. The number of aromatic nitrogens is 2. The Labute approximate surface area is 104 Å². The van der Waals surface area contributed by atoms with E-state index >= 15 is 0 Å². The quantitative estimate of drug-likeness (QED) is 0.790. The molecular formula is C13H24N4. The Morgan fingerprint density at radius 3 is 2.29 bits per heavy atom. The molecule has 1 aromatic heterocycles. The topological polar surface area (TPSA) is 24.3 Å². The Balaban J connectivity index is 1.72. The first kappa shape index (κ1) is 12.6. The predicted molar refractivity (Wildman–Crippen MR) is 70.0 cm³/mol. The lowest BCUT2D eigenvalue weighted by Crippen LogP contribution is -2.53. The van der Waals surface area contributed by atoms with E-state index in [2.05, 4.69) is 40.1 Å². The second-order valence-electron chi connectivity index (χ2n) is 5.80. The molecule has 2 rings (SSSR count). The molecule has 96 valence electrons. The minimum atomic E-state index is 0.316. The molecule has 0 radical (unpaired) electrons. The number of hydrogen-bond acceptors (Lipinski definition) is 3. The van der Waals surface area contributed by atoms with Crippen LogP contribution in [0.4, 0.5) is 0 Å². The van der Waals surface area contributed by atoms with E-state index in [-0.39, 0.29) is 0 Å². The fraction of sp³-hybridized carbons (Fsp3) is 0.769. The van der Waals surface area contributed by atoms with E-state index < -0.39 is 0 Å². The van der Waals surface area contributed by atoms with E-state index in [9.17, 15) is 0 Å². The van der Waals surface area contributed by atoms with Gasteiger partial charge >= 0.3 is 0 Å². The van der Waals surface area contributed by atoms with Crippen molar-refractivity contribution < 1.29 is 0 Å². The van der Waals surface area contributed by atoms with Crippen LogP contribution in [0.1, 0.15) is 20.8 Å². The monoisotopic (exact) mass is 236 g/mol. The SMILES string of the molecule is CC(C)(C)N1CCN(CCn2ccnc2)CC1. The van der Waals surface area contributed by atoms with Crippen molar-refractivity contribution in [3.8, 4) is 0 Å². The first-order valence-corrected chi connectivity index (χ1v) is 6.49. The zero-order valence-electron chi connectivity index (χ0n) is 11.3. The van der Waals surface area contributed by atoms with Gasteiger partial charge in [-0.15, -0.1) is 0 Å². The Hall–Kier alpha value is -0.870. The maximum absolute atomic E-state index is 4.07. The van der Waals surface area contributed by atoms with Crippen LogP contribution in [0.15, 0.2) is 18.7 Å². The normalized spacial score (nSPS) is 19.7. The van der Waals surface area contributed by atoms with Crippen molar-refractivity contribution in [3.05, 3.63) is 18.7 Å². The zero-order valence-corrected chi connectivity index (χ0v) is 11.3. The molecule has 0 saturated carbocycles. The minimum Gasteiger partial charge on any atom is -0.336 e. The summed E-state index contributed by atoms with van der Waals surface area (Å²) in [6.45, 7) is 13.8. The van der Waals surface area contributed by atoms with Crippen LogP contribution in [0.5, 0.6) is 0 Å². The molecule has 0 aliphatic carbocycles. The molecule has 0 spiro atoms. The number of hydrogen-bond donors (Lipinski definition) is 0. The smallest absolute Gasteiger partial charge is 0.0946 e. The summed E-state index contributed by atoms with van der Waals surface area (Å²) in [7, 11) is 0. The molecule has 1 saturated heterocycles. The molecule has 1 aromatic rings. The Morgan fingerprint density at radius 2 is 1.76 bits per heavy atom. The fourth-order valence-corrected chi connectivity index (χ4v) is 2.32. The van der Waals surface area contributed by atoms with Crippen molar-refractivity contribution >= 4 is 0 Å².